The van der Waals surface area contributed by atoms with Gasteiger partial charge in [-0.15, -0.1) is 0 Å². The maximum absolute atomic E-state index is 14.0. The molecule has 2 aromatic carbocycles. The number of nitrogens with zero attached hydrogens (tertiary/aromatic N) is 1. The highest BCUT2D eigenvalue weighted by Crippen LogP contribution is 2.26. The summed E-state index contributed by atoms with van der Waals surface area (Å²) in [4.78, 5) is 4.29. The van der Waals surface area contributed by atoms with Crippen LogP contribution in [-0.2, 0) is 6.42 Å². The second-order valence-corrected chi connectivity index (χ2v) is 4.15. The first-order valence-corrected chi connectivity index (χ1v) is 5.92. The van der Waals surface area contributed by atoms with Crippen LogP contribution in [0.5, 0.6) is 0 Å². The van der Waals surface area contributed by atoms with Crippen molar-refractivity contribution in [2.24, 2.45) is 0 Å². The van der Waals surface area contributed by atoms with Crippen molar-refractivity contribution in [3.63, 3.8) is 0 Å². The number of hydrogen-bond donors (Lipinski definition) is 0. The van der Waals surface area contributed by atoms with Gasteiger partial charge in [0.2, 0.25) is 5.89 Å². The molecule has 0 saturated carbocycles. The molecule has 0 bridgehead atoms. The van der Waals surface area contributed by atoms with Crippen LogP contribution in [0, 0.1) is 5.82 Å². The number of halogens is 1. The summed E-state index contributed by atoms with van der Waals surface area (Å²) in [6.45, 7) is 1.99. The Hall–Kier alpha value is -2.16. The van der Waals surface area contributed by atoms with Gasteiger partial charge in [0.15, 0.2) is 5.58 Å². The lowest BCUT2D eigenvalue weighted by molar-refractivity contribution is 0.592. The molecule has 0 saturated heterocycles. The maximum atomic E-state index is 14.0. The van der Waals surface area contributed by atoms with Crippen LogP contribution in [0.15, 0.2) is 46.9 Å². The zero-order chi connectivity index (χ0) is 12.5. The summed E-state index contributed by atoms with van der Waals surface area (Å²) in [5.74, 6) is 0.0391. The van der Waals surface area contributed by atoms with Crippen molar-refractivity contribution in [2.75, 3.05) is 0 Å². The van der Waals surface area contributed by atoms with Crippen LogP contribution in [0.3, 0.4) is 0 Å². The van der Waals surface area contributed by atoms with Crippen LogP contribution in [-0.4, -0.2) is 4.98 Å². The number of para-hydroxylation sites is 2. The SMILES string of the molecule is CCc1ccc(-c2nc3ccccc3o2)c(F)c1. The molecule has 0 atom stereocenters. The Morgan fingerprint density at radius 2 is 2.00 bits per heavy atom. The maximum Gasteiger partial charge on any atom is 0.230 e. The molecule has 3 heteroatoms. The van der Waals surface area contributed by atoms with Crippen molar-refractivity contribution in [1.29, 1.82) is 0 Å². The predicted octanol–water partition coefficient (Wildman–Crippen LogP) is 4.20. The fraction of sp³-hybridized carbons (Fsp3) is 0.133. The largest absolute Gasteiger partial charge is 0.436 e. The van der Waals surface area contributed by atoms with Gasteiger partial charge in [0.05, 0.1) is 5.56 Å². The number of rotatable bonds is 2. The summed E-state index contributed by atoms with van der Waals surface area (Å²) in [7, 11) is 0. The number of oxazole rings is 1. The molecule has 0 aliphatic heterocycles. The van der Waals surface area contributed by atoms with Crippen molar-refractivity contribution in [3.05, 3.63) is 53.8 Å². The summed E-state index contributed by atoms with van der Waals surface area (Å²) in [5, 5.41) is 0. The molecule has 0 amide bonds. The van der Waals surface area contributed by atoms with Gasteiger partial charge in [0, 0.05) is 0 Å². The van der Waals surface area contributed by atoms with Crippen LogP contribution >= 0.6 is 0 Å². The highest BCUT2D eigenvalue weighted by Gasteiger charge is 2.12. The van der Waals surface area contributed by atoms with Crippen LogP contribution in [0.25, 0.3) is 22.6 Å². The summed E-state index contributed by atoms with van der Waals surface area (Å²) >= 11 is 0. The molecule has 1 aromatic heterocycles. The predicted molar refractivity (Wildman–Crippen MR) is 68.8 cm³/mol. The van der Waals surface area contributed by atoms with E-state index in [0.29, 0.717) is 17.0 Å². The molecule has 90 valence electrons. The van der Waals surface area contributed by atoms with E-state index < -0.39 is 0 Å². The summed E-state index contributed by atoms with van der Waals surface area (Å²) in [6, 6.07) is 12.6. The molecule has 2 nitrogen and oxygen atoms in total. The van der Waals surface area contributed by atoms with Gasteiger partial charge in [-0.05, 0) is 36.2 Å². The summed E-state index contributed by atoms with van der Waals surface area (Å²) in [5.41, 5.74) is 2.79. The van der Waals surface area contributed by atoms with Gasteiger partial charge in [-0.25, -0.2) is 9.37 Å². The van der Waals surface area contributed by atoms with Gasteiger partial charge >= 0.3 is 0 Å². The lowest BCUT2D eigenvalue weighted by Gasteiger charge is -2.00. The lowest BCUT2D eigenvalue weighted by atomic mass is 10.1. The quantitative estimate of drug-likeness (QED) is 0.672. The minimum Gasteiger partial charge on any atom is -0.436 e. The van der Waals surface area contributed by atoms with Gasteiger partial charge in [-0.3, -0.25) is 0 Å². The molecule has 3 rings (SSSR count). The van der Waals surface area contributed by atoms with Crippen molar-refractivity contribution in [3.8, 4) is 11.5 Å². The second kappa shape index (κ2) is 4.26. The Labute approximate surface area is 104 Å². The number of aromatic nitrogens is 1. The van der Waals surface area contributed by atoms with Crippen molar-refractivity contribution in [1.82, 2.24) is 4.98 Å². The number of aryl methyl sites for hydroxylation is 1. The van der Waals surface area contributed by atoms with E-state index in [1.54, 1.807) is 6.07 Å². The van der Waals surface area contributed by atoms with Gasteiger partial charge in [0.25, 0.3) is 0 Å². The van der Waals surface area contributed by atoms with E-state index in [1.165, 1.54) is 6.07 Å². The molecular formula is C15H12FNO. The Kier molecular flexibility index (Phi) is 2.59. The van der Waals surface area contributed by atoms with E-state index in [1.807, 2.05) is 37.3 Å². The van der Waals surface area contributed by atoms with E-state index in [2.05, 4.69) is 4.98 Å². The molecule has 18 heavy (non-hydrogen) atoms. The Morgan fingerprint density at radius 3 is 2.72 bits per heavy atom. The van der Waals surface area contributed by atoms with E-state index in [-0.39, 0.29) is 5.82 Å². The molecular weight excluding hydrogens is 229 g/mol. The Balaban J connectivity index is 2.14. The molecule has 0 N–H and O–H groups in total. The fourth-order valence-corrected chi connectivity index (χ4v) is 1.94. The van der Waals surface area contributed by atoms with E-state index in [4.69, 9.17) is 4.42 Å². The third-order valence-electron chi connectivity index (χ3n) is 2.97. The van der Waals surface area contributed by atoms with Crippen molar-refractivity contribution >= 4 is 11.1 Å². The Bertz CT molecular complexity index is 670. The highest BCUT2D eigenvalue weighted by molar-refractivity contribution is 5.76. The molecule has 3 aromatic rings. The minimum absolute atomic E-state index is 0.291. The topological polar surface area (TPSA) is 26.0 Å². The van der Waals surface area contributed by atoms with Crippen LogP contribution in [0.4, 0.5) is 4.39 Å². The normalized spacial score (nSPS) is 11.0. The smallest absolute Gasteiger partial charge is 0.230 e. The first kappa shape index (κ1) is 11.0. The monoisotopic (exact) mass is 241 g/mol. The molecule has 0 fully saturated rings. The molecule has 0 aliphatic rings. The van der Waals surface area contributed by atoms with E-state index >= 15 is 0 Å². The molecule has 0 unspecified atom stereocenters. The van der Waals surface area contributed by atoms with E-state index in [9.17, 15) is 4.39 Å². The van der Waals surface area contributed by atoms with Gasteiger partial charge in [0.1, 0.15) is 11.3 Å². The van der Waals surface area contributed by atoms with Crippen molar-refractivity contribution < 1.29 is 8.81 Å². The lowest BCUT2D eigenvalue weighted by Crippen LogP contribution is -1.87. The van der Waals surface area contributed by atoms with Crippen molar-refractivity contribution in [2.45, 2.75) is 13.3 Å². The number of benzene rings is 2. The first-order chi connectivity index (χ1) is 8.78. The van der Waals surface area contributed by atoms with Crippen LogP contribution in [0.2, 0.25) is 0 Å². The molecule has 0 radical (unpaired) electrons. The summed E-state index contributed by atoms with van der Waals surface area (Å²) < 4.78 is 19.5. The average Bonchev–Trinajstić information content (AvgIpc) is 2.81. The number of hydrogen-bond acceptors (Lipinski definition) is 2. The first-order valence-electron chi connectivity index (χ1n) is 5.92. The van der Waals surface area contributed by atoms with Gasteiger partial charge in [-0.1, -0.05) is 25.1 Å². The zero-order valence-electron chi connectivity index (χ0n) is 9.98. The van der Waals surface area contributed by atoms with Gasteiger partial charge in [-0.2, -0.15) is 0 Å². The van der Waals surface area contributed by atoms with Crippen LogP contribution < -0.4 is 0 Å². The van der Waals surface area contributed by atoms with E-state index in [0.717, 1.165) is 17.5 Å². The highest BCUT2D eigenvalue weighted by atomic mass is 19.1. The van der Waals surface area contributed by atoms with Gasteiger partial charge < -0.3 is 4.42 Å². The molecule has 0 aliphatic carbocycles. The Morgan fingerprint density at radius 1 is 1.17 bits per heavy atom. The fourth-order valence-electron chi connectivity index (χ4n) is 1.94. The number of fused-ring (bicyclic) bond motifs is 1. The second-order valence-electron chi connectivity index (χ2n) is 4.15. The minimum atomic E-state index is -0.291. The third kappa shape index (κ3) is 1.78. The zero-order valence-corrected chi connectivity index (χ0v) is 9.98. The molecule has 0 spiro atoms. The molecule has 1 heterocycles. The summed E-state index contributed by atoms with van der Waals surface area (Å²) in [6.07, 6.45) is 0.810. The van der Waals surface area contributed by atoms with Crippen LogP contribution in [0.1, 0.15) is 12.5 Å². The third-order valence-corrected chi connectivity index (χ3v) is 2.97. The standard InChI is InChI=1S/C15H12FNO/c1-2-10-7-8-11(12(16)9-10)15-17-13-5-3-4-6-14(13)18-15/h3-9H,2H2,1H3. The average molecular weight is 241 g/mol.